The summed E-state index contributed by atoms with van der Waals surface area (Å²) in [6.45, 7) is 7.62. The number of fused-ring (bicyclic) bond motifs is 1. The molecule has 1 aliphatic rings. The third kappa shape index (κ3) is 5.87. The predicted molar refractivity (Wildman–Crippen MR) is 131 cm³/mol. The minimum absolute atomic E-state index is 0.259. The number of oxazole rings is 1. The van der Waals surface area contributed by atoms with E-state index in [0.717, 1.165) is 37.2 Å². The first-order valence-electron chi connectivity index (χ1n) is 10.9. The average Bonchev–Trinajstić information content (AvgIpc) is 3.13. The second kappa shape index (κ2) is 9.99. The van der Waals surface area contributed by atoms with Gasteiger partial charge in [-0.2, -0.15) is 4.98 Å². The average molecular weight is 481 g/mol. The van der Waals surface area contributed by atoms with Gasteiger partial charge in [-0.15, -0.1) is 0 Å². The van der Waals surface area contributed by atoms with Crippen molar-refractivity contribution >= 4 is 51.9 Å². The smallest absolute Gasteiger partial charge is 0.295 e. The van der Waals surface area contributed by atoms with Crippen LogP contribution in [0.5, 0.6) is 0 Å². The molecule has 166 valence electrons. The van der Waals surface area contributed by atoms with E-state index in [2.05, 4.69) is 35.1 Å². The summed E-state index contributed by atoms with van der Waals surface area (Å²) >= 11 is 18.3. The fourth-order valence-corrected chi connectivity index (χ4v) is 4.68. The zero-order valence-corrected chi connectivity index (χ0v) is 20.1. The first-order chi connectivity index (χ1) is 14.9. The van der Waals surface area contributed by atoms with Crippen LogP contribution in [0.3, 0.4) is 0 Å². The number of nitrogens with one attached hydrogen (secondary N) is 1. The number of hydrogen-bond acceptors (Lipinski definition) is 4. The molecule has 2 heterocycles. The molecule has 1 aliphatic heterocycles. The Morgan fingerprint density at radius 2 is 1.84 bits per heavy atom. The first-order valence-corrected chi connectivity index (χ1v) is 12.0. The van der Waals surface area contributed by atoms with Crippen molar-refractivity contribution in [2.75, 3.05) is 25.0 Å². The van der Waals surface area contributed by atoms with Gasteiger partial charge in [0.15, 0.2) is 5.58 Å². The summed E-state index contributed by atoms with van der Waals surface area (Å²) in [7, 11) is 0. The Bertz CT molecular complexity index is 1030. The van der Waals surface area contributed by atoms with Crippen LogP contribution in [0.1, 0.15) is 32.3 Å². The van der Waals surface area contributed by atoms with E-state index in [1.165, 1.54) is 18.4 Å². The van der Waals surface area contributed by atoms with Gasteiger partial charge in [-0.05, 0) is 80.1 Å². The molecule has 1 N–H and O–H groups in total. The maximum Gasteiger partial charge on any atom is 0.295 e. The van der Waals surface area contributed by atoms with Gasteiger partial charge in [-0.1, -0.05) is 54.7 Å². The maximum atomic E-state index is 6.18. The van der Waals surface area contributed by atoms with Gasteiger partial charge in [0.05, 0.1) is 10.0 Å². The highest BCUT2D eigenvalue weighted by atomic mass is 35.5. The fraction of sp³-hybridized carbons (Fsp3) is 0.458. The monoisotopic (exact) mass is 479 g/mol. The largest absolute Gasteiger partial charge is 0.424 e. The molecule has 0 aliphatic carbocycles. The standard InChI is InChI=1S/C24H28Cl3N3O/c1-15(2)22(29-24-28-21-13-18(25)4-6-23(21)31-24)14-30-9-7-16(8-10-30)11-17-3-5-19(26)20(27)12-17/h3-6,12-13,15-16,22H,7-11,14H2,1-2H3,(H,28,29)/t22-/m1/s1. The molecular weight excluding hydrogens is 453 g/mol. The molecule has 1 aromatic heterocycles. The van der Waals surface area contributed by atoms with Gasteiger partial charge >= 0.3 is 0 Å². The summed E-state index contributed by atoms with van der Waals surface area (Å²) in [5, 5.41) is 5.43. The van der Waals surface area contributed by atoms with Crippen molar-refractivity contribution in [3.8, 4) is 0 Å². The van der Waals surface area contributed by atoms with Crippen LogP contribution in [-0.4, -0.2) is 35.6 Å². The predicted octanol–water partition coefficient (Wildman–Crippen LogP) is 7.18. The Morgan fingerprint density at radius 3 is 2.55 bits per heavy atom. The molecule has 0 saturated carbocycles. The second-order valence-electron chi connectivity index (χ2n) is 8.82. The number of anilines is 1. The van der Waals surface area contributed by atoms with E-state index in [1.807, 2.05) is 30.3 Å². The van der Waals surface area contributed by atoms with Gasteiger partial charge < -0.3 is 14.6 Å². The zero-order valence-electron chi connectivity index (χ0n) is 17.9. The van der Waals surface area contributed by atoms with E-state index in [-0.39, 0.29) is 6.04 Å². The van der Waals surface area contributed by atoms with Gasteiger partial charge in [0.2, 0.25) is 0 Å². The van der Waals surface area contributed by atoms with Crippen LogP contribution in [0.15, 0.2) is 40.8 Å². The zero-order chi connectivity index (χ0) is 22.0. The molecule has 0 spiro atoms. The minimum atomic E-state index is 0.259. The van der Waals surface area contributed by atoms with Crippen LogP contribution < -0.4 is 5.32 Å². The lowest BCUT2D eigenvalue weighted by molar-refractivity contribution is 0.169. The normalized spacial score (nSPS) is 16.8. The highest BCUT2D eigenvalue weighted by molar-refractivity contribution is 6.42. The van der Waals surface area contributed by atoms with E-state index in [1.54, 1.807) is 0 Å². The van der Waals surface area contributed by atoms with Crippen molar-refractivity contribution in [3.63, 3.8) is 0 Å². The van der Waals surface area contributed by atoms with E-state index in [4.69, 9.17) is 39.2 Å². The molecule has 0 radical (unpaired) electrons. The molecule has 31 heavy (non-hydrogen) atoms. The van der Waals surface area contributed by atoms with Crippen LogP contribution in [0.2, 0.25) is 15.1 Å². The summed E-state index contributed by atoms with van der Waals surface area (Å²) < 4.78 is 5.87. The number of hydrogen-bond donors (Lipinski definition) is 1. The summed E-state index contributed by atoms with van der Waals surface area (Å²) in [5.41, 5.74) is 2.80. The Labute approximate surface area is 198 Å². The van der Waals surface area contributed by atoms with Crippen molar-refractivity contribution in [2.45, 2.75) is 39.2 Å². The molecule has 7 heteroatoms. The maximum absolute atomic E-state index is 6.18. The van der Waals surface area contributed by atoms with Crippen LogP contribution in [0, 0.1) is 11.8 Å². The van der Waals surface area contributed by atoms with Crippen molar-refractivity contribution in [1.29, 1.82) is 0 Å². The lowest BCUT2D eigenvalue weighted by Gasteiger charge is -2.35. The molecule has 3 aromatic rings. The quantitative estimate of drug-likeness (QED) is 0.389. The molecule has 0 unspecified atom stereocenters. The number of benzene rings is 2. The molecule has 2 aromatic carbocycles. The van der Waals surface area contributed by atoms with Gasteiger partial charge in [0.1, 0.15) is 5.52 Å². The number of aromatic nitrogens is 1. The van der Waals surface area contributed by atoms with E-state index >= 15 is 0 Å². The van der Waals surface area contributed by atoms with Crippen molar-refractivity contribution < 1.29 is 4.42 Å². The molecular formula is C24H28Cl3N3O. The molecule has 0 bridgehead atoms. The Kier molecular flexibility index (Phi) is 7.33. The second-order valence-corrected chi connectivity index (χ2v) is 10.1. The van der Waals surface area contributed by atoms with Gasteiger partial charge in [0, 0.05) is 17.6 Å². The van der Waals surface area contributed by atoms with Crippen LogP contribution in [0.4, 0.5) is 6.01 Å². The number of likely N-dealkylation sites (tertiary alicyclic amines) is 1. The Hall–Kier alpha value is -1.46. The lowest BCUT2D eigenvalue weighted by atomic mass is 9.89. The minimum Gasteiger partial charge on any atom is -0.424 e. The van der Waals surface area contributed by atoms with Gasteiger partial charge in [0.25, 0.3) is 6.01 Å². The van der Waals surface area contributed by atoms with Crippen LogP contribution in [-0.2, 0) is 6.42 Å². The Morgan fingerprint density at radius 1 is 1.06 bits per heavy atom. The molecule has 1 fully saturated rings. The fourth-order valence-electron chi connectivity index (χ4n) is 4.20. The molecule has 1 atom stereocenters. The van der Waals surface area contributed by atoms with E-state index < -0.39 is 0 Å². The molecule has 4 nitrogen and oxygen atoms in total. The topological polar surface area (TPSA) is 41.3 Å². The third-order valence-electron chi connectivity index (χ3n) is 6.13. The third-order valence-corrected chi connectivity index (χ3v) is 7.11. The number of rotatable bonds is 7. The first kappa shape index (κ1) is 22.7. The number of piperidine rings is 1. The highest BCUT2D eigenvalue weighted by Crippen LogP contribution is 2.28. The number of halogens is 3. The van der Waals surface area contributed by atoms with Crippen molar-refractivity contribution in [1.82, 2.24) is 9.88 Å². The summed E-state index contributed by atoms with van der Waals surface area (Å²) in [6.07, 6.45) is 3.43. The highest BCUT2D eigenvalue weighted by Gasteiger charge is 2.24. The van der Waals surface area contributed by atoms with E-state index in [9.17, 15) is 0 Å². The Balaban J connectivity index is 1.32. The summed E-state index contributed by atoms with van der Waals surface area (Å²) in [5.74, 6) is 1.13. The number of nitrogens with zero attached hydrogens (tertiary/aromatic N) is 2. The molecule has 0 amide bonds. The van der Waals surface area contributed by atoms with Gasteiger partial charge in [-0.25, -0.2) is 0 Å². The molecule has 4 rings (SSSR count). The molecule has 1 saturated heterocycles. The SMILES string of the molecule is CC(C)[C@@H](CN1CCC(Cc2ccc(Cl)c(Cl)c2)CC1)Nc1nc2cc(Cl)ccc2o1. The van der Waals surface area contributed by atoms with Crippen molar-refractivity contribution in [2.24, 2.45) is 11.8 Å². The van der Waals surface area contributed by atoms with Crippen LogP contribution >= 0.6 is 34.8 Å². The van der Waals surface area contributed by atoms with Crippen molar-refractivity contribution in [3.05, 3.63) is 57.0 Å². The lowest BCUT2D eigenvalue weighted by Crippen LogP contribution is -2.43. The van der Waals surface area contributed by atoms with Crippen LogP contribution in [0.25, 0.3) is 11.1 Å². The summed E-state index contributed by atoms with van der Waals surface area (Å²) in [4.78, 5) is 7.10. The van der Waals surface area contributed by atoms with E-state index in [0.29, 0.717) is 32.9 Å². The van der Waals surface area contributed by atoms with Gasteiger partial charge in [-0.3, -0.25) is 0 Å². The summed E-state index contributed by atoms with van der Waals surface area (Å²) in [6, 6.07) is 12.3.